The van der Waals surface area contributed by atoms with E-state index in [1.165, 1.54) is 37.0 Å². The van der Waals surface area contributed by atoms with E-state index in [4.69, 9.17) is 5.73 Å². The van der Waals surface area contributed by atoms with Crippen molar-refractivity contribution in [2.75, 3.05) is 0 Å². The molecule has 1 aromatic rings. The molecule has 0 bridgehead atoms. The Morgan fingerprint density at radius 2 is 2.23 bits per heavy atom. The van der Waals surface area contributed by atoms with Gasteiger partial charge in [-0.05, 0) is 50.2 Å². The van der Waals surface area contributed by atoms with Gasteiger partial charge in [-0.1, -0.05) is 0 Å². The van der Waals surface area contributed by atoms with Gasteiger partial charge in [0.25, 0.3) is 0 Å². The number of nitrogens with two attached hydrogens (primary N) is 1. The minimum atomic E-state index is 0.193. The summed E-state index contributed by atoms with van der Waals surface area (Å²) in [6.45, 7) is 0. The topological polar surface area (TPSA) is 26.0 Å². The molecule has 0 saturated heterocycles. The highest BCUT2D eigenvalue weighted by Crippen LogP contribution is 2.39. The fourth-order valence-electron chi connectivity index (χ4n) is 2.16. The van der Waals surface area contributed by atoms with Crippen molar-refractivity contribution in [2.24, 2.45) is 5.73 Å². The van der Waals surface area contributed by atoms with Crippen LogP contribution in [-0.4, -0.2) is 5.54 Å². The maximum Gasteiger partial charge on any atom is 0.0204 e. The monoisotopic (exact) mass is 193 g/mol. The van der Waals surface area contributed by atoms with E-state index < -0.39 is 0 Å². The molecule has 2 N–H and O–H groups in total. The molecule has 13 heavy (non-hydrogen) atoms. The van der Waals surface area contributed by atoms with E-state index in [1.807, 2.05) is 11.3 Å². The van der Waals surface area contributed by atoms with Gasteiger partial charge in [0.2, 0.25) is 0 Å². The van der Waals surface area contributed by atoms with E-state index in [-0.39, 0.29) is 5.54 Å². The maximum absolute atomic E-state index is 6.10. The third kappa shape index (κ3) is 1.42. The number of hydrogen-bond donors (Lipinski definition) is 1. The van der Waals surface area contributed by atoms with E-state index in [9.17, 15) is 0 Å². The van der Waals surface area contributed by atoms with Gasteiger partial charge in [-0.2, -0.15) is 0 Å². The summed E-state index contributed by atoms with van der Waals surface area (Å²) in [5.41, 5.74) is 7.91. The van der Waals surface area contributed by atoms with Gasteiger partial charge < -0.3 is 5.73 Å². The molecular formula is C11H15NS. The fraction of sp³-hybridized carbons (Fsp3) is 0.636. The lowest BCUT2D eigenvalue weighted by Crippen LogP contribution is -2.23. The highest BCUT2D eigenvalue weighted by atomic mass is 32.1. The smallest absolute Gasteiger partial charge is 0.0204 e. The Balaban J connectivity index is 1.82. The second kappa shape index (κ2) is 2.58. The van der Waals surface area contributed by atoms with Gasteiger partial charge in [0.05, 0.1) is 0 Å². The van der Waals surface area contributed by atoms with Crippen molar-refractivity contribution < 1.29 is 0 Å². The highest BCUT2D eigenvalue weighted by Gasteiger charge is 2.38. The SMILES string of the molecule is NC1(Cc2cc3c(s2)CCC3)CC1. The summed E-state index contributed by atoms with van der Waals surface area (Å²) >= 11 is 2.01. The summed E-state index contributed by atoms with van der Waals surface area (Å²) in [4.78, 5) is 3.17. The van der Waals surface area contributed by atoms with Crippen molar-refractivity contribution in [3.63, 3.8) is 0 Å². The van der Waals surface area contributed by atoms with Crippen LogP contribution in [-0.2, 0) is 19.3 Å². The van der Waals surface area contributed by atoms with Crippen molar-refractivity contribution in [1.82, 2.24) is 0 Å². The fourth-order valence-corrected chi connectivity index (χ4v) is 3.58. The van der Waals surface area contributed by atoms with E-state index in [1.54, 1.807) is 10.4 Å². The van der Waals surface area contributed by atoms with Crippen LogP contribution >= 0.6 is 11.3 Å². The summed E-state index contributed by atoms with van der Waals surface area (Å²) in [7, 11) is 0. The third-order valence-corrected chi connectivity index (χ3v) is 4.45. The third-order valence-electron chi connectivity index (χ3n) is 3.22. The lowest BCUT2D eigenvalue weighted by atomic mass is 10.1. The van der Waals surface area contributed by atoms with Gasteiger partial charge in [0.1, 0.15) is 0 Å². The van der Waals surface area contributed by atoms with Crippen LogP contribution in [0.2, 0.25) is 0 Å². The van der Waals surface area contributed by atoms with Crippen LogP contribution in [0.4, 0.5) is 0 Å². The normalized spacial score (nSPS) is 23.2. The number of aryl methyl sites for hydroxylation is 2. The van der Waals surface area contributed by atoms with Crippen molar-refractivity contribution in [2.45, 2.75) is 44.1 Å². The quantitative estimate of drug-likeness (QED) is 0.766. The first-order valence-electron chi connectivity index (χ1n) is 5.15. The molecule has 1 aromatic heterocycles. The Labute approximate surface area is 83.0 Å². The Morgan fingerprint density at radius 1 is 1.38 bits per heavy atom. The Kier molecular flexibility index (Phi) is 1.59. The van der Waals surface area contributed by atoms with Crippen molar-refractivity contribution in [3.8, 4) is 0 Å². The lowest BCUT2D eigenvalue weighted by molar-refractivity contribution is 0.679. The van der Waals surface area contributed by atoms with Crippen LogP contribution < -0.4 is 5.73 Å². The molecule has 0 aliphatic heterocycles. The minimum absolute atomic E-state index is 0.193. The zero-order chi connectivity index (χ0) is 8.89. The van der Waals surface area contributed by atoms with Crippen LogP contribution in [0.1, 0.15) is 34.6 Å². The van der Waals surface area contributed by atoms with Crippen LogP contribution in [0.3, 0.4) is 0 Å². The average Bonchev–Trinajstić information content (AvgIpc) is 2.51. The van der Waals surface area contributed by atoms with Crippen molar-refractivity contribution >= 4 is 11.3 Å². The molecule has 0 spiro atoms. The molecule has 2 heteroatoms. The molecule has 0 atom stereocenters. The van der Waals surface area contributed by atoms with E-state index in [0.29, 0.717) is 0 Å². The average molecular weight is 193 g/mol. The molecule has 3 rings (SSSR count). The first-order chi connectivity index (χ1) is 6.25. The van der Waals surface area contributed by atoms with Gasteiger partial charge in [-0.15, -0.1) is 11.3 Å². The Hall–Kier alpha value is -0.340. The largest absolute Gasteiger partial charge is 0.325 e. The van der Waals surface area contributed by atoms with Gasteiger partial charge >= 0.3 is 0 Å². The summed E-state index contributed by atoms with van der Waals surface area (Å²) in [6.07, 6.45) is 7.59. The Morgan fingerprint density at radius 3 is 2.92 bits per heavy atom. The van der Waals surface area contributed by atoms with Crippen LogP contribution in [0.25, 0.3) is 0 Å². The molecule has 70 valence electrons. The van der Waals surface area contributed by atoms with Crippen molar-refractivity contribution in [1.29, 1.82) is 0 Å². The van der Waals surface area contributed by atoms with Gasteiger partial charge in [0.15, 0.2) is 0 Å². The number of rotatable bonds is 2. The standard InChI is InChI=1S/C11H15NS/c12-11(4-5-11)7-9-6-8-2-1-3-10(8)13-9/h6H,1-5,7,12H2. The first-order valence-corrected chi connectivity index (χ1v) is 5.96. The minimum Gasteiger partial charge on any atom is -0.325 e. The lowest BCUT2D eigenvalue weighted by Gasteiger charge is -2.04. The number of hydrogen-bond acceptors (Lipinski definition) is 2. The molecule has 2 aliphatic rings. The molecule has 2 aliphatic carbocycles. The van der Waals surface area contributed by atoms with Gasteiger partial charge in [-0.25, -0.2) is 0 Å². The number of fused-ring (bicyclic) bond motifs is 1. The molecule has 0 radical (unpaired) electrons. The molecular weight excluding hydrogens is 178 g/mol. The zero-order valence-corrected chi connectivity index (χ0v) is 8.62. The second-order valence-electron chi connectivity index (χ2n) is 4.55. The highest BCUT2D eigenvalue weighted by molar-refractivity contribution is 7.12. The molecule has 1 fully saturated rings. The van der Waals surface area contributed by atoms with Crippen LogP contribution in [0, 0.1) is 0 Å². The van der Waals surface area contributed by atoms with E-state index in [2.05, 4.69) is 6.07 Å². The van der Waals surface area contributed by atoms with Crippen LogP contribution in [0.5, 0.6) is 0 Å². The summed E-state index contributed by atoms with van der Waals surface area (Å²) in [5.74, 6) is 0. The molecule has 1 nitrogen and oxygen atoms in total. The molecule has 0 unspecified atom stereocenters. The zero-order valence-electron chi connectivity index (χ0n) is 7.81. The summed E-state index contributed by atoms with van der Waals surface area (Å²) < 4.78 is 0. The molecule has 0 aromatic carbocycles. The maximum atomic E-state index is 6.10. The molecule has 1 heterocycles. The van der Waals surface area contributed by atoms with Crippen LogP contribution in [0.15, 0.2) is 6.07 Å². The van der Waals surface area contributed by atoms with E-state index in [0.717, 1.165) is 6.42 Å². The summed E-state index contributed by atoms with van der Waals surface area (Å²) in [6, 6.07) is 2.40. The first kappa shape index (κ1) is 8.01. The molecule has 0 amide bonds. The second-order valence-corrected chi connectivity index (χ2v) is 5.78. The summed E-state index contributed by atoms with van der Waals surface area (Å²) in [5, 5.41) is 0. The van der Waals surface area contributed by atoms with Gasteiger partial charge in [0, 0.05) is 15.3 Å². The number of thiophene rings is 1. The van der Waals surface area contributed by atoms with E-state index >= 15 is 0 Å². The molecule has 1 saturated carbocycles. The predicted octanol–water partition coefficient (Wildman–Crippen LogP) is 2.27. The predicted molar refractivity (Wildman–Crippen MR) is 56.2 cm³/mol. The van der Waals surface area contributed by atoms with Gasteiger partial charge in [-0.3, -0.25) is 0 Å². The van der Waals surface area contributed by atoms with Crippen molar-refractivity contribution in [3.05, 3.63) is 21.4 Å². The Bertz CT molecular complexity index is 314.